The zero-order chi connectivity index (χ0) is 15.5. The van der Waals surface area contributed by atoms with Crippen molar-refractivity contribution in [1.29, 1.82) is 0 Å². The second kappa shape index (κ2) is 6.80. The number of carbonyl (C=O) groups excluding carboxylic acids is 3. The Bertz CT molecular complexity index is 447. The molecule has 3 rings (SSSR count). The van der Waals surface area contributed by atoms with Crippen molar-refractivity contribution in [2.45, 2.75) is 70.3 Å². The SMILES string of the molecule is O=C(CCN1C(=O)CCC1=O)N[C@@H]1CC[C@H]2CCCC[C@@H]2C1. The van der Waals surface area contributed by atoms with Gasteiger partial charge in [-0.1, -0.05) is 25.7 Å². The second-order valence-corrected chi connectivity index (χ2v) is 7.07. The fraction of sp³-hybridized carbons (Fsp3) is 0.824. The van der Waals surface area contributed by atoms with Crippen molar-refractivity contribution in [3.8, 4) is 0 Å². The number of likely N-dealkylation sites (tertiary alicyclic amines) is 1. The van der Waals surface area contributed by atoms with E-state index >= 15 is 0 Å². The average Bonchev–Trinajstić information content (AvgIpc) is 2.84. The van der Waals surface area contributed by atoms with E-state index in [4.69, 9.17) is 0 Å². The van der Waals surface area contributed by atoms with Crippen LogP contribution in [-0.4, -0.2) is 35.2 Å². The predicted octanol–water partition coefficient (Wildman–Crippen LogP) is 2.00. The molecule has 3 amide bonds. The summed E-state index contributed by atoms with van der Waals surface area (Å²) < 4.78 is 0. The van der Waals surface area contributed by atoms with E-state index in [0.717, 1.165) is 24.7 Å². The molecular formula is C17H26N2O3. The van der Waals surface area contributed by atoms with Crippen LogP contribution in [0.5, 0.6) is 0 Å². The maximum Gasteiger partial charge on any atom is 0.229 e. The van der Waals surface area contributed by atoms with E-state index in [9.17, 15) is 14.4 Å². The molecule has 0 radical (unpaired) electrons. The van der Waals surface area contributed by atoms with Crippen LogP contribution in [0, 0.1) is 11.8 Å². The maximum atomic E-state index is 12.1. The van der Waals surface area contributed by atoms with Gasteiger partial charge in [0.15, 0.2) is 0 Å². The van der Waals surface area contributed by atoms with Crippen molar-refractivity contribution in [3.63, 3.8) is 0 Å². The monoisotopic (exact) mass is 306 g/mol. The third-order valence-electron chi connectivity index (χ3n) is 5.62. The minimum absolute atomic E-state index is 0.0215. The largest absolute Gasteiger partial charge is 0.353 e. The van der Waals surface area contributed by atoms with Crippen molar-refractivity contribution in [3.05, 3.63) is 0 Å². The molecule has 1 N–H and O–H groups in total. The Kier molecular flexibility index (Phi) is 4.79. The summed E-state index contributed by atoms with van der Waals surface area (Å²) in [4.78, 5) is 36.4. The molecule has 3 aliphatic rings. The van der Waals surface area contributed by atoms with Crippen LogP contribution in [-0.2, 0) is 14.4 Å². The highest BCUT2D eigenvalue weighted by atomic mass is 16.2. The molecule has 1 aliphatic heterocycles. The molecule has 1 heterocycles. The van der Waals surface area contributed by atoms with Crippen LogP contribution in [0.2, 0.25) is 0 Å². The molecule has 3 fully saturated rings. The number of imide groups is 1. The predicted molar refractivity (Wildman–Crippen MR) is 81.8 cm³/mol. The van der Waals surface area contributed by atoms with Gasteiger partial charge >= 0.3 is 0 Å². The molecule has 0 aromatic rings. The van der Waals surface area contributed by atoms with Crippen LogP contribution in [0.4, 0.5) is 0 Å². The minimum atomic E-state index is -0.138. The third-order valence-corrected chi connectivity index (χ3v) is 5.62. The number of rotatable bonds is 4. The lowest BCUT2D eigenvalue weighted by Crippen LogP contribution is -2.43. The van der Waals surface area contributed by atoms with Crippen molar-refractivity contribution in [2.24, 2.45) is 11.8 Å². The van der Waals surface area contributed by atoms with Gasteiger partial charge in [0, 0.05) is 31.8 Å². The number of amides is 3. The molecule has 0 spiro atoms. The maximum absolute atomic E-state index is 12.1. The van der Waals surface area contributed by atoms with E-state index in [-0.39, 0.29) is 36.7 Å². The highest BCUT2D eigenvalue weighted by Gasteiger charge is 2.33. The number of carbonyl (C=O) groups is 3. The first kappa shape index (κ1) is 15.5. The molecule has 22 heavy (non-hydrogen) atoms. The van der Waals surface area contributed by atoms with E-state index in [2.05, 4.69) is 5.32 Å². The topological polar surface area (TPSA) is 66.5 Å². The van der Waals surface area contributed by atoms with Crippen molar-refractivity contribution >= 4 is 17.7 Å². The molecule has 1 saturated heterocycles. The molecule has 0 bridgehead atoms. The van der Waals surface area contributed by atoms with E-state index in [1.807, 2.05) is 0 Å². The first-order valence-corrected chi connectivity index (χ1v) is 8.76. The Morgan fingerprint density at radius 2 is 1.68 bits per heavy atom. The van der Waals surface area contributed by atoms with Gasteiger partial charge in [-0.15, -0.1) is 0 Å². The molecule has 5 nitrogen and oxygen atoms in total. The highest BCUT2D eigenvalue weighted by molar-refractivity contribution is 6.02. The summed E-state index contributed by atoms with van der Waals surface area (Å²) in [7, 11) is 0. The standard InChI is InChI=1S/C17H26N2O3/c20-15(9-10-19-16(21)7-8-17(19)22)18-14-6-5-12-3-1-2-4-13(12)11-14/h12-14H,1-11H2,(H,18,20)/t12-,13-,14-/m1/s1. The van der Waals surface area contributed by atoms with Gasteiger partial charge in [-0.3, -0.25) is 19.3 Å². The summed E-state index contributed by atoms with van der Waals surface area (Å²) in [6.45, 7) is 0.238. The lowest BCUT2D eigenvalue weighted by atomic mass is 9.69. The van der Waals surface area contributed by atoms with Crippen molar-refractivity contribution < 1.29 is 14.4 Å². The van der Waals surface area contributed by atoms with Gasteiger partial charge < -0.3 is 5.32 Å². The molecule has 3 atom stereocenters. The summed E-state index contributed by atoms with van der Waals surface area (Å²) >= 11 is 0. The molecule has 0 unspecified atom stereocenters. The van der Waals surface area contributed by atoms with E-state index in [1.165, 1.54) is 37.0 Å². The van der Waals surface area contributed by atoms with Gasteiger partial charge in [0.05, 0.1) is 0 Å². The smallest absolute Gasteiger partial charge is 0.229 e. The van der Waals surface area contributed by atoms with E-state index in [1.54, 1.807) is 0 Å². The van der Waals surface area contributed by atoms with Crippen LogP contribution in [0.25, 0.3) is 0 Å². The number of hydrogen-bond donors (Lipinski definition) is 1. The van der Waals surface area contributed by atoms with Crippen LogP contribution in [0.3, 0.4) is 0 Å². The van der Waals surface area contributed by atoms with Gasteiger partial charge in [-0.2, -0.15) is 0 Å². The number of fused-ring (bicyclic) bond motifs is 1. The average molecular weight is 306 g/mol. The zero-order valence-corrected chi connectivity index (χ0v) is 13.2. The second-order valence-electron chi connectivity index (χ2n) is 7.07. The lowest BCUT2D eigenvalue weighted by Gasteiger charge is -2.39. The Morgan fingerprint density at radius 1 is 1.00 bits per heavy atom. The van der Waals surface area contributed by atoms with Crippen LogP contribution in [0.1, 0.15) is 64.2 Å². The van der Waals surface area contributed by atoms with Crippen molar-refractivity contribution in [1.82, 2.24) is 10.2 Å². The van der Waals surface area contributed by atoms with Gasteiger partial charge in [0.2, 0.25) is 17.7 Å². The fourth-order valence-corrected chi connectivity index (χ4v) is 4.39. The molecule has 0 aromatic carbocycles. The zero-order valence-electron chi connectivity index (χ0n) is 13.2. The van der Waals surface area contributed by atoms with Gasteiger partial charge in [0.1, 0.15) is 0 Å². The van der Waals surface area contributed by atoms with Crippen LogP contribution in [0.15, 0.2) is 0 Å². The van der Waals surface area contributed by atoms with Crippen molar-refractivity contribution in [2.75, 3.05) is 6.54 Å². The summed E-state index contributed by atoms with van der Waals surface area (Å²) in [6, 6.07) is 0.289. The summed E-state index contributed by atoms with van der Waals surface area (Å²) in [6.07, 6.45) is 9.64. The Labute approximate surface area is 131 Å². The Morgan fingerprint density at radius 3 is 2.41 bits per heavy atom. The molecule has 0 aromatic heterocycles. The van der Waals surface area contributed by atoms with E-state index < -0.39 is 0 Å². The number of nitrogens with zero attached hydrogens (tertiary/aromatic N) is 1. The molecule has 2 saturated carbocycles. The Balaban J connectivity index is 1.42. The van der Waals surface area contributed by atoms with Gasteiger partial charge in [-0.25, -0.2) is 0 Å². The van der Waals surface area contributed by atoms with Gasteiger partial charge in [0.25, 0.3) is 0 Å². The molecule has 5 heteroatoms. The molecular weight excluding hydrogens is 280 g/mol. The fourth-order valence-electron chi connectivity index (χ4n) is 4.39. The van der Waals surface area contributed by atoms with Crippen LogP contribution < -0.4 is 5.32 Å². The first-order chi connectivity index (χ1) is 10.6. The Hall–Kier alpha value is -1.39. The lowest BCUT2D eigenvalue weighted by molar-refractivity contribution is -0.138. The highest BCUT2D eigenvalue weighted by Crippen LogP contribution is 2.40. The normalized spacial score (nSPS) is 32.0. The third kappa shape index (κ3) is 3.50. The summed E-state index contributed by atoms with van der Waals surface area (Å²) in [5.74, 6) is 1.36. The van der Waals surface area contributed by atoms with Gasteiger partial charge in [-0.05, 0) is 31.1 Å². The quantitative estimate of drug-likeness (QED) is 0.808. The summed E-state index contributed by atoms with van der Waals surface area (Å²) in [5.41, 5.74) is 0. The molecule has 2 aliphatic carbocycles. The molecule has 122 valence electrons. The van der Waals surface area contributed by atoms with Crippen LogP contribution >= 0.6 is 0 Å². The van der Waals surface area contributed by atoms with E-state index in [0.29, 0.717) is 12.8 Å². The number of hydrogen-bond acceptors (Lipinski definition) is 3. The summed E-state index contributed by atoms with van der Waals surface area (Å²) in [5, 5.41) is 3.12. The minimum Gasteiger partial charge on any atom is -0.353 e. The first-order valence-electron chi connectivity index (χ1n) is 8.76. The number of nitrogens with one attached hydrogen (secondary N) is 1.